The highest BCUT2D eigenvalue weighted by Gasteiger charge is 2.23. The summed E-state index contributed by atoms with van der Waals surface area (Å²) in [6.07, 6.45) is 8.58. The third kappa shape index (κ3) is 4.31. The number of amides is 1. The van der Waals surface area contributed by atoms with Crippen LogP contribution in [0.5, 0.6) is 0 Å². The van der Waals surface area contributed by atoms with Crippen molar-refractivity contribution in [3.8, 4) is 11.3 Å². The molecule has 1 amide bonds. The van der Waals surface area contributed by atoms with Crippen LogP contribution in [-0.4, -0.2) is 49.2 Å². The summed E-state index contributed by atoms with van der Waals surface area (Å²) in [6, 6.07) is 3.75. The van der Waals surface area contributed by atoms with Gasteiger partial charge in [-0.1, -0.05) is 5.16 Å². The molecule has 8 heteroatoms. The van der Waals surface area contributed by atoms with Crippen molar-refractivity contribution in [2.75, 3.05) is 13.1 Å². The second-order valence-electron chi connectivity index (χ2n) is 7.52. The highest BCUT2D eigenvalue weighted by molar-refractivity contribution is 5.93. The maximum atomic E-state index is 12.7. The van der Waals surface area contributed by atoms with Crippen molar-refractivity contribution in [1.82, 2.24) is 30.2 Å². The average Bonchev–Trinajstić information content (AvgIpc) is 2.93. The summed E-state index contributed by atoms with van der Waals surface area (Å²) in [4.78, 5) is 23.5. The van der Waals surface area contributed by atoms with Crippen LogP contribution < -0.4 is 0 Å². The van der Waals surface area contributed by atoms with E-state index in [-0.39, 0.29) is 5.91 Å². The first-order valence-electron chi connectivity index (χ1n) is 9.92. The van der Waals surface area contributed by atoms with E-state index in [9.17, 15) is 4.79 Å². The van der Waals surface area contributed by atoms with Gasteiger partial charge >= 0.3 is 0 Å². The van der Waals surface area contributed by atoms with E-state index in [2.05, 4.69) is 25.3 Å². The molecule has 1 atom stereocenters. The molecule has 150 valence electrons. The Morgan fingerprint density at radius 2 is 2.10 bits per heavy atom. The van der Waals surface area contributed by atoms with Crippen molar-refractivity contribution in [1.29, 1.82) is 0 Å². The van der Waals surface area contributed by atoms with E-state index in [0.717, 1.165) is 67.2 Å². The SMILES string of the molecule is Cc1noc(C)c1-c1cc(C[C@@H]2CCCN(C(=O)c3ccnnc3)CC2)ncn1. The Morgan fingerprint density at radius 3 is 2.86 bits per heavy atom. The molecule has 1 aliphatic heterocycles. The fourth-order valence-corrected chi connectivity index (χ4v) is 3.96. The second-order valence-corrected chi connectivity index (χ2v) is 7.52. The monoisotopic (exact) mass is 392 g/mol. The third-order valence-electron chi connectivity index (χ3n) is 5.48. The van der Waals surface area contributed by atoms with Crippen LogP contribution in [-0.2, 0) is 6.42 Å². The van der Waals surface area contributed by atoms with Crippen molar-refractivity contribution in [3.05, 3.63) is 53.6 Å². The molecule has 0 saturated carbocycles. The predicted octanol–water partition coefficient (Wildman–Crippen LogP) is 3.02. The molecule has 0 radical (unpaired) electrons. The normalized spacial score (nSPS) is 17.2. The van der Waals surface area contributed by atoms with Gasteiger partial charge in [-0.05, 0) is 57.6 Å². The number of aryl methyl sites for hydroxylation is 2. The molecular formula is C21H24N6O2. The van der Waals surface area contributed by atoms with E-state index in [1.807, 2.05) is 24.8 Å². The molecule has 4 heterocycles. The van der Waals surface area contributed by atoms with Gasteiger partial charge < -0.3 is 9.42 Å². The Morgan fingerprint density at radius 1 is 1.21 bits per heavy atom. The molecule has 3 aromatic heterocycles. The molecule has 29 heavy (non-hydrogen) atoms. The summed E-state index contributed by atoms with van der Waals surface area (Å²) in [7, 11) is 0. The molecule has 3 aromatic rings. The minimum atomic E-state index is 0.0308. The third-order valence-corrected chi connectivity index (χ3v) is 5.48. The Kier molecular flexibility index (Phi) is 5.59. The van der Waals surface area contributed by atoms with Crippen LogP contribution in [0.2, 0.25) is 0 Å². The summed E-state index contributed by atoms with van der Waals surface area (Å²) in [5.74, 6) is 1.28. The number of nitrogens with zero attached hydrogens (tertiary/aromatic N) is 6. The van der Waals surface area contributed by atoms with Gasteiger partial charge in [-0.15, -0.1) is 0 Å². The molecule has 0 unspecified atom stereocenters. The van der Waals surface area contributed by atoms with E-state index in [0.29, 0.717) is 11.5 Å². The molecule has 8 nitrogen and oxygen atoms in total. The Labute approximate surface area is 169 Å². The zero-order valence-electron chi connectivity index (χ0n) is 16.7. The minimum Gasteiger partial charge on any atom is -0.361 e. The van der Waals surface area contributed by atoms with Gasteiger partial charge in [0.25, 0.3) is 5.91 Å². The quantitative estimate of drug-likeness (QED) is 0.673. The summed E-state index contributed by atoms with van der Waals surface area (Å²) < 4.78 is 5.27. The fraction of sp³-hybridized carbons (Fsp3) is 0.429. The van der Waals surface area contributed by atoms with Gasteiger partial charge in [-0.2, -0.15) is 10.2 Å². The van der Waals surface area contributed by atoms with Crippen LogP contribution in [0.3, 0.4) is 0 Å². The van der Waals surface area contributed by atoms with E-state index < -0.39 is 0 Å². The number of hydrogen-bond acceptors (Lipinski definition) is 7. The first kappa shape index (κ1) is 19.2. The number of likely N-dealkylation sites (tertiary alicyclic amines) is 1. The number of carbonyl (C=O) groups excluding carboxylic acids is 1. The molecule has 0 N–H and O–H groups in total. The average molecular weight is 392 g/mol. The summed E-state index contributed by atoms with van der Waals surface area (Å²) in [5, 5.41) is 11.6. The Hall–Kier alpha value is -3.16. The molecule has 1 fully saturated rings. The van der Waals surface area contributed by atoms with Gasteiger partial charge in [0.05, 0.1) is 34.9 Å². The topological polar surface area (TPSA) is 97.9 Å². The molecular weight excluding hydrogens is 368 g/mol. The molecule has 1 saturated heterocycles. The van der Waals surface area contributed by atoms with Crippen molar-refractivity contribution >= 4 is 5.91 Å². The standard InChI is InChI=1S/C21H24N6O2/c1-14-20(15(2)29-26-14)19-11-18(22-13-23-19)10-16-4-3-8-27(9-6-16)21(28)17-5-7-24-25-12-17/h5,7,11-13,16H,3-4,6,8-10H2,1-2H3/t16-/m1/s1. The van der Waals surface area contributed by atoms with E-state index in [1.165, 1.54) is 6.20 Å². The lowest BCUT2D eigenvalue weighted by atomic mass is 9.94. The maximum Gasteiger partial charge on any atom is 0.255 e. The van der Waals surface area contributed by atoms with Gasteiger partial charge in [0, 0.05) is 18.8 Å². The predicted molar refractivity (Wildman–Crippen MR) is 106 cm³/mol. The van der Waals surface area contributed by atoms with E-state index in [4.69, 9.17) is 4.52 Å². The lowest BCUT2D eigenvalue weighted by molar-refractivity contribution is 0.0759. The van der Waals surface area contributed by atoms with Crippen molar-refractivity contribution in [2.45, 2.75) is 39.5 Å². The second kappa shape index (κ2) is 8.46. The van der Waals surface area contributed by atoms with Crippen LogP contribution in [0, 0.1) is 19.8 Å². The van der Waals surface area contributed by atoms with Gasteiger partial charge in [0.2, 0.25) is 0 Å². The zero-order chi connectivity index (χ0) is 20.2. The largest absolute Gasteiger partial charge is 0.361 e. The lowest BCUT2D eigenvalue weighted by Gasteiger charge is -2.20. The molecule has 1 aliphatic rings. The molecule has 0 bridgehead atoms. The van der Waals surface area contributed by atoms with Crippen LogP contribution in [0.25, 0.3) is 11.3 Å². The van der Waals surface area contributed by atoms with Crippen LogP contribution in [0.4, 0.5) is 0 Å². The molecule has 4 rings (SSSR count). The first-order valence-corrected chi connectivity index (χ1v) is 9.92. The Balaban J connectivity index is 1.42. The van der Waals surface area contributed by atoms with Crippen LogP contribution in [0.15, 0.2) is 35.4 Å². The van der Waals surface area contributed by atoms with Crippen molar-refractivity contribution in [3.63, 3.8) is 0 Å². The smallest absolute Gasteiger partial charge is 0.255 e. The minimum absolute atomic E-state index is 0.0308. The Bertz CT molecular complexity index is 968. The highest BCUT2D eigenvalue weighted by atomic mass is 16.5. The number of hydrogen-bond donors (Lipinski definition) is 0. The molecule has 0 aromatic carbocycles. The van der Waals surface area contributed by atoms with Gasteiger partial charge in [-0.25, -0.2) is 9.97 Å². The maximum absolute atomic E-state index is 12.7. The van der Waals surface area contributed by atoms with Crippen molar-refractivity contribution in [2.24, 2.45) is 5.92 Å². The first-order chi connectivity index (χ1) is 14.1. The fourth-order valence-electron chi connectivity index (χ4n) is 3.96. The number of aromatic nitrogens is 5. The van der Waals surface area contributed by atoms with E-state index in [1.54, 1.807) is 18.6 Å². The number of carbonyl (C=O) groups is 1. The zero-order valence-corrected chi connectivity index (χ0v) is 16.7. The summed E-state index contributed by atoms with van der Waals surface area (Å²) in [6.45, 7) is 5.33. The number of rotatable bonds is 4. The lowest BCUT2D eigenvalue weighted by Crippen LogP contribution is -2.32. The highest BCUT2D eigenvalue weighted by Crippen LogP contribution is 2.27. The van der Waals surface area contributed by atoms with Crippen LogP contribution >= 0.6 is 0 Å². The van der Waals surface area contributed by atoms with E-state index >= 15 is 0 Å². The van der Waals surface area contributed by atoms with Crippen molar-refractivity contribution < 1.29 is 9.32 Å². The molecule has 0 spiro atoms. The summed E-state index contributed by atoms with van der Waals surface area (Å²) >= 11 is 0. The van der Waals surface area contributed by atoms with Gasteiger partial charge in [0.1, 0.15) is 12.1 Å². The van der Waals surface area contributed by atoms with Crippen LogP contribution in [0.1, 0.15) is 46.8 Å². The van der Waals surface area contributed by atoms with Gasteiger partial charge in [0.15, 0.2) is 0 Å². The molecule has 0 aliphatic carbocycles. The summed E-state index contributed by atoms with van der Waals surface area (Å²) in [5.41, 5.74) is 4.23. The van der Waals surface area contributed by atoms with Gasteiger partial charge in [-0.3, -0.25) is 4.79 Å².